The van der Waals surface area contributed by atoms with Gasteiger partial charge in [-0.25, -0.2) is 9.59 Å². The number of carbonyl (C=O) groups is 2. The third-order valence-corrected chi connectivity index (χ3v) is 5.69. The first kappa shape index (κ1) is 23.0. The SMILES string of the molecule is COc1ccc(C)cc1NC(=O)Nc1ccc(N2CCN(C(=O)Nc3ccccc3)CC2)cc1. The van der Waals surface area contributed by atoms with Crippen LogP contribution in [0.5, 0.6) is 5.75 Å². The van der Waals surface area contributed by atoms with Crippen LogP contribution >= 0.6 is 0 Å². The van der Waals surface area contributed by atoms with Crippen LogP contribution in [0.4, 0.5) is 32.3 Å². The van der Waals surface area contributed by atoms with Gasteiger partial charge in [-0.2, -0.15) is 0 Å². The molecule has 8 nitrogen and oxygen atoms in total. The lowest BCUT2D eigenvalue weighted by Crippen LogP contribution is -2.50. The Labute approximate surface area is 199 Å². The molecule has 34 heavy (non-hydrogen) atoms. The minimum atomic E-state index is -0.338. The lowest BCUT2D eigenvalue weighted by molar-refractivity contribution is 0.208. The van der Waals surface area contributed by atoms with Gasteiger partial charge in [0.1, 0.15) is 5.75 Å². The summed E-state index contributed by atoms with van der Waals surface area (Å²) in [6, 6.07) is 22.4. The maximum absolute atomic E-state index is 12.5. The van der Waals surface area contributed by atoms with Gasteiger partial charge in [-0.15, -0.1) is 0 Å². The highest BCUT2D eigenvalue weighted by Crippen LogP contribution is 2.26. The number of anilines is 4. The predicted octanol–water partition coefficient (Wildman–Crippen LogP) is 5.00. The molecule has 1 aliphatic heterocycles. The number of carbonyl (C=O) groups excluding carboxylic acids is 2. The normalized spacial score (nSPS) is 13.2. The summed E-state index contributed by atoms with van der Waals surface area (Å²) in [6.07, 6.45) is 0. The Hall–Kier alpha value is -4.20. The molecule has 4 amide bonds. The fourth-order valence-corrected chi connectivity index (χ4v) is 3.85. The maximum atomic E-state index is 12.5. The van der Waals surface area contributed by atoms with Gasteiger partial charge in [-0.1, -0.05) is 24.3 Å². The second-order valence-electron chi connectivity index (χ2n) is 8.10. The van der Waals surface area contributed by atoms with Crippen LogP contribution in [0.3, 0.4) is 0 Å². The van der Waals surface area contributed by atoms with Crippen molar-refractivity contribution >= 4 is 34.8 Å². The van der Waals surface area contributed by atoms with Gasteiger partial charge in [0.15, 0.2) is 0 Å². The molecule has 0 spiro atoms. The van der Waals surface area contributed by atoms with Crippen molar-refractivity contribution < 1.29 is 14.3 Å². The van der Waals surface area contributed by atoms with Crippen LogP contribution in [0.2, 0.25) is 0 Å². The Morgan fingerprint density at radius 1 is 0.794 bits per heavy atom. The van der Waals surface area contributed by atoms with Gasteiger partial charge < -0.3 is 30.5 Å². The highest BCUT2D eigenvalue weighted by atomic mass is 16.5. The first-order valence-electron chi connectivity index (χ1n) is 11.2. The van der Waals surface area contributed by atoms with E-state index in [0.29, 0.717) is 30.2 Å². The monoisotopic (exact) mass is 459 g/mol. The number of nitrogens with one attached hydrogen (secondary N) is 3. The number of rotatable bonds is 5. The number of para-hydroxylation sites is 1. The zero-order valence-corrected chi connectivity index (χ0v) is 19.4. The molecule has 3 aromatic rings. The number of amides is 4. The molecular weight excluding hydrogens is 430 g/mol. The largest absolute Gasteiger partial charge is 0.495 e. The molecule has 0 aliphatic carbocycles. The average molecular weight is 460 g/mol. The lowest BCUT2D eigenvalue weighted by Gasteiger charge is -2.36. The molecule has 8 heteroatoms. The summed E-state index contributed by atoms with van der Waals surface area (Å²) in [5.74, 6) is 0.604. The molecule has 1 fully saturated rings. The molecule has 0 unspecified atom stereocenters. The van der Waals surface area contributed by atoms with Crippen molar-refractivity contribution in [3.8, 4) is 5.75 Å². The lowest BCUT2D eigenvalue weighted by atomic mass is 10.2. The van der Waals surface area contributed by atoms with E-state index in [-0.39, 0.29) is 12.1 Å². The Morgan fingerprint density at radius 2 is 1.47 bits per heavy atom. The number of nitrogens with zero attached hydrogens (tertiary/aromatic N) is 2. The van der Waals surface area contributed by atoms with Crippen LogP contribution in [-0.2, 0) is 0 Å². The Morgan fingerprint density at radius 3 is 2.15 bits per heavy atom. The standard InChI is InChI=1S/C26H29N5O3/c1-19-8-13-24(34-2)23(18-19)29-25(32)27-21-9-11-22(12-10-21)30-14-16-31(17-15-30)26(33)28-20-6-4-3-5-7-20/h3-13,18H,14-17H2,1-2H3,(H,28,33)(H2,27,29,32). The number of methoxy groups -OCH3 is 1. The topological polar surface area (TPSA) is 85.9 Å². The second kappa shape index (κ2) is 10.6. The predicted molar refractivity (Wildman–Crippen MR) is 136 cm³/mol. The molecule has 3 aromatic carbocycles. The van der Waals surface area contributed by atoms with Gasteiger partial charge >= 0.3 is 12.1 Å². The van der Waals surface area contributed by atoms with Gasteiger partial charge in [-0.05, 0) is 61.0 Å². The zero-order valence-electron chi connectivity index (χ0n) is 19.4. The summed E-state index contributed by atoms with van der Waals surface area (Å²) >= 11 is 0. The summed E-state index contributed by atoms with van der Waals surface area (Å²) in [5.41, 5.74) is 4.18. The van der Waals surface area contributed by atoms with Gasteiger partial charge in [0, 0.05) is 43.2 Å². The van der Waals surface area contributed by atoms with Crippen molar-refractivity contribution in [2.45, 2.75) is 6.92 Å². The van der Waals surface area contributed by atoms with E-state index in [1.807, 2.05) is 84.6 Å². The third-order valence-electron chi connectivity index (χ3n) is 5.69. The van der Waals surface area contributed by atoms with Crippen LogP contribution in [-0.4, -0.2) is 50.3 Å². The fourth-order valence-electron chi connectivity index (χ4n) is 3.85. The van der Waals surface area contributed by atoms with Crippen LogP contribution in [0, 0.1) is 6.92 Å². The number of hydrogen-bond acceptors (Lipinski definition) is 4. The molecule has 0 radical (unpaired) electrons. The summed E-state index contributed by atoms with van der Waals surface area (Å²) < 4.78 is 5.31. The van der Waals surface area contributed by atoms with Crippen molar-refractivity contribution in [2.75, 3.05) is 54.1 Å². The number of urea groups is 2. The van der Waals surface area contributed by atoms with Crippen LogP contribution in [0.25, 0.3) is 0 Å². The molecule has 0 atom stereocenters. The molecule has 0 saturated carbocycles. The van der Waals surface area contributed by atoms with Crippen molar-refractivity contribution in [3.63, 3.8) is 0 Å². The van der Waals surface area contributed by atoms with Crippen molar-refractivity contribution in [1.82, 2.24) is 4.90 Å². The molecule has 4 rings (SSSR count). The summed E-state index contributed by atoms with van der Waals surface area (Å²) in [7, 11) is 1.57. The maximum Gasteiger partial charge on any atom is 0.323 e. The number of benzene rings is 3. The van der Waals surface area contributed by atoms with Crippen molar-refractivity contribution in [2.24, 2.45) is 0 Å². The van der Waals surface area contributed by atoms with Crippen molar-refractivity contribution in [3.05, 3.63) is 78.4 Å². The van der Waals surface area contributed by atoms with Gasteiger partial charge in [0.2, 0.25) is 0 Å². The molecule has 0 bridgehead atoms. The smallest absolute Gasteiger partial charge is 0.323 e. The van der Waals surface area contributed by atoms with Gasteiger partial charge in [0.05, 0.1) is 12.8 Å². The second-order valence-corrected chi connectivity index (χ2v) is 8.10. The van der Waals surface area contributed by atoms with Crippen LogP contribution < -0.4 is 25.6 Å². The molecule has 1 heterocycles. The summed E-state index contributed by atoms with van der Waals surface area (Å²) in [6.45, 7) is 4.71. The third kappa shape index (κ3) is 5.78. The minimum Gasteiger partial charge on any atom is -0.495 e. The van der Waals surface area contributed by atoms with E-state index in [1.54, 1.807) is 7.11 Å². The molecule has 0 aromatic heterocycles. The first-order chi connectivity index (χ1) is 16.5. The molecular formula is C26H29N5O3. The number of aryl methyl sites for hydroxylation is 1. The Bertz CT molecular complexity index is 1130. The number of piperazine rings is 1. The summed E-state index contributed by atoms with van der Waals surface area (Å²) in [5, 5.41) is 8.62. The Balaban J connectivity index is 1.28. The number of ether oxygens (including phenoxy) is 1. The van der Waals surface area contributed by atoms with Crippen molar-refractivity contribution in [1.29, 1.82) is 0 Å². The van der Waals surface area contributed by atoms with Crippen LogP contribution in [0.15, 0.2) is 72.8 Å². The van der Waals surface area contributed by atoms with E-state index in [1.165, 1.54) is 0 Å². The highest BCUT2D eigenvalue weighted by molar-refractivity contribution is 6.00. The van der Waals surface area contributed by atoms with Crippen LogP contribution in [0.1, 0.15) is 5.56 Å². The van der Waals surface area contributed by atoms with E-state index in [4.69, 9.17) is 4.74 Å². The molecule has 1 aliphatic rings. The van der Waals surface area contributed by atoms with E-state index in [9.17, 15) is 9.59 Å². The van der Waals surface area contributed by atoms with E-state index in [2.05, 4.69) is 20.9 Å². The Kier molecular flexibility index (Phi) is 7.17. The highest BCUT2D eigenvalue weighted by Gasteiger charge is 2.21. The quantitative estimate of drug-likeness (QED) is 0.501. The van der Waals surface area contributed by atoms with E-state index in [0.717, 1.165) is 30.0 Å². The minimum absolute atomic E-state index is 0.0818. The molecule has 176 valence electrons. The zero-order chi connectivity index (χ0) is 23.9. The average Bonchev–Trinajstić information content (AvgIpc) is 2.85. The van der Waals surface area contributed by atoms with E-state index < -0.39 is 0 Å². The molecule has 3 N–H and O–H groups in total. The van der Waals surface area contributed by atoms with Gasteiger partial charge in [-0.3, -0.25) is 0 Å². The van der Waals surface area contributed by atoms with Gasteiger partial charge in [0.25, 0.3) is 0 Å². The summed E-state index contributed by atoms with van der Waals surface area (Å²) in [4.78, 5) is 29.0. The molecule has 1 saturated heterocycles. The fraction of sp³-hybridized carbons (Fsp3) is 0.231. The first-order valence-corrected chi connectivity index (χ1v) is 11.2. The number of hydrogen-bond donors (Lipinski definition) is 3. The van der Waals surface area contributed by atoms with E-state index >= 15 is 0 Å².